The van der Waals surface area contributed by atoms with Crippen molar-refractivity contribution in [3.8, 4) is 0 Å². The Bertz CT molecular complexity index is 2710. The highest BCUT2D eigenvalue weighted by atomic mass is 35.5. The Balaban J connectivity index is 1.28. The van der Waals surface area contributed by atoms with Gasteiger partial charge in [0.2, 0.25) is 12.1 Å². The zero-order chi connectivity index (χ0) is 46.1. The topological polar surface area (TPSA) is 200 Å². The van der Waals surface area contributed by atoms with E-state index < -0.39 is 52.7 Å². The Morgan fingerprint density at radius 2 is 0.921 bits per heavy atom. The predicted octanol–water partition coefficient (Wildman–Crippen LogP) is 12.8. The summed E-state index contributed by atoms with van der Waals surface area (Å²) in [5, 5.41) is 27.0. The maximum atomic E-state index is 13.4. The molecule has 0 heterocycles. The number of anilines is 4. The number of halogens is 7. The van der Waals surface area contributed by atoms with E-state index in [0.29, 0.717) is 15.6 Å². The molecule has 0 saturated carbocycles. The molecular formula is C42H31Cl7N8O6. The molecule has 0 aliphatic rings. The molecule has 0 aliphatic heterocycles. The summed E-state index contributed by atoms with van der Waals surface area (Å²) in [7, 11) is 0. The van der Waals surface area contributed by atoms with Gasteiger partial charge >= 0.3 is 0 Å². The van der Waals surface area contributed by atoms with Gasteiger partial charge in [-0.05, 0) is 117 Å². The lowest BCUT2D eigenvalue weighted by molar-refractivity contribution is -0.127. The summed E-state index contributed by atoms with van der Waals surface area (Å²) < 4.78 is 0. The molecular weight excluding hydrogens is 961 g/mol. The molecule has 0 aromatic heterocycles. The third-order valence-corrected chi connectivity index (χ3v) is 10.6. The summed E-state index contributed by atoms with van der Waals surface area (Å²) in [6, 6.07) is 18.4. The normalized spacial score (nSPS) is 12.7. The van der Waals surface area contributed by atoms with Gasteiger partial charge in [0.1, 0.15) is 0 Å². The molecule has 324 valence electrons. The van der Waals surface area contributed by atoms with E-state index in [9.17, 15) is 28.8 Å². The van der Waals surface area contributed by atoms with Crippen LogP contribution in [0.1, 0.15) is 52.4 Å². The van der Waals surface area contributed by atoms with Crippen molar-refractivity contribution >= 4 is 151 Å². The van der Waals surface area contributed by atoms with Crippen LogP contribution >= 0.6 is 81.2 Å². The average molecular weight is 992 g/mol. The van der Waals surface area contributed by atoms with Crippen LogP contribution in [0, 0.1) is 0 Å². The minimum Gasteiger partial charge on any atom is -0.324 e. The van der Waals surface area contributed by atoms with Crippen molar-refractivity contribution in [3.63, 3.8) is 0 Å². The van der Waals surface area contributed by atoms with Crippen LogP contribution in [-0.2, 0) is 19.2 Å². The molecule has 4 amide bonds. The number of benzene rings is 5. The molecule has 0 spiro atoms. The lowest BCUT2D eigenvalue weighted by Crippen LogP contribution is -2.32. The van der Waals surface area contributed by atoms with Gasteiger partial charge in [-0.3, -0.25) is 28.8 Å². The van der Waals surface area contributed by atoms with Crippen LogP contribution in [0.15, 0.2) is 111 Å². The standard InChI is InChI=1S/C42H31Cl7N8O6/c1-19(43)27-16-24(50-41(62)37(20(2)58)56-54-25-6-9-30(46)28(17-25)39(60)52-35-11-4-22(44)14-32(35)48)8-13-34(27)51-42(63)38(21(3)59)57-55-26-7-10-31(47)29(18-26)40(61)53-36-12-5-23(45)15-33(36)49/h4-19,37-38H,1-3H3,(H,50,62)(H,51,63)(H,52,60)(H,53,61). The van der Waals surface area contributed by atoms with Gasteiger partial charge in [0, 0.05) is 21.4 Å². The first-order valence-electron chi connectivity index (χ1n) is 18.2. The highest BCUT2D eigenvalue weighted by Gasteiger charge is 2.27. The van der Waals surface area contributed by atoms with Crippen molar-refractivity contribution in [1.82, 2.24) is 0 Å². The monoisotopic (exact) mass is 988 g/mol. The Morgan fingerprint density at radius 1 is 0.492 bits per heavy atom. The summed E-state index contributed by atoms with van der Waals surface area (Å²) in [5.41, 5.74) is 1.46. The van der Waals surface area contributed by atoms with Crippen molar-refractivity contribution in [2.45, 2.75) is 38.2 Å². The first kappa shape index (κ1) is 48.6. The minimum absolute atomic E-state index is 0.00708. The number of carbonyl (C=O) groups excluding carboxylic acids is 6. The van der Waals surface area contributed by atoms with Gasteiger partial charge in [0.25, 0.3) is 23.6 Å². The molecule has 5 aromatic carbocycles. The van der Waals surface area contributed by atoms with Crippen molar-refractivity contribution in [1.29, 1.82) is 0 Å². The lowest BCUT2D eigenvalue weighted by atomic mass is 10.1. The molecule has 0 aliphatic carbocycles. The molecule has 0 saturated heterocycles. The number of nitrogens with zero attached hydrogens (tertiary/aromatic N) is 4. The second-order valence-electron chi connectivity index (χ2n) is 13.3. The number of ketones is 2. The lowest BCUT2D eigenvalue weighted by Gasteiger charge is -2.17. The van der Waals surface area contributed by atoms with Crippen molar-refractivity contribution in [2.24, 2.45) is 20.5 Å². The molecule has 0 radical (unpaired) electrons. The Kier molecular flexibility index (Phi) is 16.8. The highest BCUT2D eigenvalue weighted by molar-refractivity contribution is 6.39. The van der Waals surface area contributed by atoms with Crippen LogP contribution in [0.25, 0.3) is 0 Å². The van der Waals surface area contributed by atoms with Gasteiger partial charge in [-0.15, -0.1) is 11.6 Å². The molecule has 21 heteroatoms. The molecule has 14 nitrogen and oxygen atoms in total. The second-order valence-corrected chi connectivity index (χ2v) is 16.5. The number of alkyl halides is 1. The van der Waals surface area contributed by atoms with Gasteiger partial charge in [0.05, 0.1) is 59.3 Å². The highest BCUT2D eigenvalue weighted by Crippen LogP contribution is 2.33. The largest absolute Gasteiger partial charge is 0.324 e. The van der Waals surface area contributed by atoms with E-state index in [1.54, 1.807) is 19.1 Å². The molecule has 0 bridgehead atoms. The molecule has 0 fully saturated rings. The quantitative estimate of drug-likeness (QED) is 0.0457. The Hall–Kier alpha value is -5.45. The molecule has 5 aromatic rings. The number of amides is 4. The maximum Gasteiger partial charge on any atom is 0.258 e. The van der Waals surface area contributed by atoms with E-state index in [1.165, 1.54) is 78.9 Å². The number of Topliss-reactive ketones (excluding diaryl/α,β-unsaturated/α-hetero) is 2. The SMILES string of the molecule is CC(=O)C(N=Nc1ccc(Cl)c(C(=O)Nc2ccc(Cl)cc2Cl)c1)C(=O)Nc1ccc(NC(=O)C(N=Nc2ccc(Cl)c(C(=O)Nc3ccc(Cl)cc3Cl)c2)C(C)=O)c(C(C)Cl)c1. The van der Waals surface area contributed by atoms with Crippen LogP contribution in [0.2, 0.25) is 30.1 Å². The summed E-state index contributed by atoms with van der Waals surface area (Å²) in [6.07, 6.45) is 0. The summed E-state index contributed by atoms with van der Waals surface area (Å²) in [4.78, 5) is 78.1. The molecule has 3 atom stereocenters. The third-order valence-electron chi connectivity index (χ3n) is 8.60. The van der Waals surface area contributed by atoms with E-state index in [2.05, 4.69) is 41.7 Å². The van der Waals surface area contributed by atoms with E-state index in [-0.39, 0.29) is 65.3 Å². The summed E-state index contributed by atoms with van der Waals surface area (Å²) in [5.74, 6) is -4.27. The van der Waals surface area contributed by atoms with Gasteiger partial charge in [-0.2, -0.15) is 20.5 Å². The molecule has 3 unspecified atom stereocenters. The zero-order valence-corrected chi connectivity index (χ0v) is 38.1. The van der Waals surface area contributed by atoms with E-state index in [0.717, 1.165) is 13.8 Å². The van der Waals surface area contributed by atoms with Crippen molar-refractivity contribution < 1.29 is 28.8 Å². The number of hydrogen-bond donors (Lipinski definition) is 4. The first-order chi connectivity index (χ1) is 29.8. The molecule has 63 heavy (non-hydrogen) atoms. The number of rotatable bonds is 15. The maximum absolute atomic E-state index is 13.4. The number of hydrogen-bond acceptors (Lipinski definition) is 10. The van der Waals surface area contributed by atoms with E-state index in [1.807, 2.05) is 0 Å². The fraction of sp³-hybridized carbons (Fsp3) is 0.143. The summed E-state index contributed by atoms with van der Waals surface area (Å²) in [6.45, 7) is 3.90. The van der Waals surface area contributed by atoms with Crippen LogP contribution in [0.5, 0.6) is 0 Å². The van der Waals surface area contributed by atoms with Gasteiger partial charge < -0.3 is 21.3 Å². The fourth-order valence-corrected chi connectivity index (χ4v) is 6.94. The first-order valence-corrected chi connectivity index (χ1v) is 20.9. The zero-order valence-electron chi connectivity index (χ0n) is 32.8. The van der Waals surface area contributed by atoms with E-state index in [4.69, 9.17) is 81.2 Å². The van der Waals surface area contributed by atoms with Crippen LogP contribution in [-0.4, -0.2) is 47.3 Å². The second kappa shape index (κ2) is 21.8. The van der Waals surface area contributed by atoms with Crippen molar-refractivity contribution in [3.05, 3.63) is 138 Å². The van der Waals surface area contributed by atoms with Gasteiger partial charge in [-0.1, -0.05) is 69.6 Å². The van der Waals surface area contributed by atoms with Gasteiger partial charge in [-0.25, -0.2) is 0 Å². The van der Waals surface area contributed by atoms with Crippen LogP contribution in [0.3, 0.4) is 0 Å². The van der Waals surface area contributed by atoms with E-state index >= 15 is 0 Å². The molecule has 5 rings (SSSR count). The Morgan fingerprint density at radius 3 is 1.33 bits per heavy atom. The third kappa shape index (κ3) is 13.1. The fourth-order valence-electron chi connectivity index (χ4n) is 5.44. The summed E-state index contributed by atoms with van der Waals surface area (Å²) >= 11 is 43.3. The molecule has 4 N–H and O–H groups in total. The predicted molar refractivity (Wildman–Crippen MR) is 248 cm³/mol. The van der Waals surface area contributed by atoms with Crippen molar-refractivity contribution in [2.75, 3.05) is 21.3 Å². The number of nitrogens with one attached hydrogen (secondary N) is 4. The van der Waals surface area contributed by atoms with Crippen LogP contribution in [0.4, 0.5) is 34.1 Å². The van der Waals surface area contributed by atoms with Crippen LogP contribution < -0.4 is 21.3 Å². The average Bonchev–Trinajstić information content (AvgIpc) is 3.21. The number of azo groups is 2. The number of carbonyl (C=O) groups is 6. The Labute approximate surface area is 394 Å². The minimum atomic E-state index is -1.63. The smallest absolute Gasteiger partial charge is 0.258 e. The van der Waals surface area contributed by atoms with Gasteiger partial charge in [0.15, 0.2) is 11.6 Å².